The van der Waals surface area contributed by atoms with E-state index in [1.807, 2.05) is 49.4 Å². The van der Waals surface area contributed by atoms with Gasteiger partial charge in [-0.2, -0.15) is 5.10 Å². The first-order valence-corrected chi connectivity index (χ1v) is 11.0. The second kappa shape index (κ2) is 12.0. The van der Waals surface area contributed by atoms with Crippen molar-refractivity contribution in [3.63, 3.8) is 0 Å². The molecule has 0 fully saturated rings. The summed E-state index contributed by atoms with van der Waals surface area (Å²) in [5, 5.41) is 7.81. The summed E-state index contributed by atoms with van der Waals surface area (Å²) in [6, 6.07) is 19.9. The number of carbonyl (C=O) groups is 2. The number of aryl methyl sites for hydroxylation is 1. The number of hydrazone groups is 1. The van der Waals surface area contributed by atoms with Crippen molar-refractivity contribution in [2.75, 3.05) is 5.32 Å². The average Bonchev–Trinajstić information content (AvgIpc) is 2.79. The smallest absolute Gasteiger partial charge is 0.240 e. The van der Waals surface area contributed by atoms with E-state index in [1.54, 1.807) is 24.3 Å². The van der Waals surface area contributed by atoms with Crippen LogP contribution in [0.1, 0.15) is 29.5 Å². The fraction of sp³-hybridized carbons (Fsp3) is 0.160. The van der Waals surface area contributed by atoms with Gasteiger partial charge < -0.3 is 10.1 Å². The third-order valence-electron chi connectivity index (χ3n) is 4.61. The summed E-state index contributed by atoms with van der Waals surface area (Å²) in [4.78, 5) is 23.9. The van der Waals surface area contributed by atoms with Gasteiger partial charge in [0.1, 0.15) is 12.4 Å². The summed E-state index contributed by atoms with van der Waals surface area (Å²) < 4.78 is 5.73. The molecule has 0 aliphatic heterocycles. The number of anilines is 1. The molecule has 6 nitrogen and oxygen atoms in total. The number of halogens is 2. The summed E-state index contributed by atoms with van der Waals surface area (Å²) in [6.07, 6.45) is 1.62. The highest BCUT2D eigenvalue weighted by molar-refractivity contribution is 6.35. The van der Waals surface area contributed by atoms with Crippen LogP contribution in [0.2, 0.25) is 10.0 Å². The van der Waals surface area contributed by atoms with E-state index >= 15 is 0 Å². The van der Waals surface area contributed by atoms with Crippen LogP contribution in [0.15, 0.2) is 71.8 Å². The molecule has 2 N–H and O–H groups in total. The number of nitrogens with one attached hydrogen (secondary N) is 2. The van der Waals surface area contributed by atoms with E-state index in [-0.39, 0.29) is 24.7 Å². The summed E-state index contributed by atoms with van der Waals surface area (Å²) in [6.45, 7) is 2.29. The highest BCUT2D eigenvalue weighted by Gasteiger charge is 2.07. The molecule has 0 bridgehead atoms. The molecule has 0 aromatic heterocycles. The number of benzene rings is 3. The quantitative estimate of drug-likeness (QED) is 0.300. The monoisotopic (exact) mass is 483 g/mol. The van der Waals surface area contributed by atoms with Gasteiger partial charge in [-0.3, -0.25) is 9.59 Å². The second-order valence-electron chi connectivity index (χ2n) is 7.30. The zero-order chi connectivity index (χ0) is 23.6. The van der Waals surface area contributed by atoms with Gasteiger partial charge in [-0.15, -0.1) is 0 Å². The first kappa shape index (κ1) is 24.3. The van der Waals surface area contributed by atoms with Crippen molar-refractivity contribution < 1.29 is 14.3 Å². The summed E-state index contributed by atoms with van der Waals surface area (Å²) >= 11 is 12.0. The van der Waals surface area contributed by atoms with Crippen LogP contribution >= 0.6 is 23.2 Å². The molecule has 3 rings (SSSR count). The van der Waals surface area contributed by atoms with E-state index < -0.39 is 0 Å². The Bertz CT molecular complexity index is 1130. The van der Waals surface area contributed by atoms with Gasteiger partial charge in [-0.1, -0.05) is 47.0 Å². The third kappa shape index (κ3) is 8.25. The Kier molecular flexibility index (Phi) is 8.87. The van der Waals surface area contributed by atoms with Crippen LogP contribution in [0.25, 0.3) is 0 Å². The predicted molar refractivity (Wildman–Crippen MR) is 132 cm³/mol. The van der Waals surface area contributed by atoms with E-state index in [2.05, 4.69) is 15.8 Å². The minimum absolute atomic E-state index is 0.0368. The molecule has 0 saturated heterocycles. The van der Waals surface area contributed by atoms with Crippen LogP contribution < -0.4 is 15.5 Å². The van der Waals surface area contributed by atoms with Crippen LogP contribution in [0.4, 0.5) is 5.69 Å². The van der Waals surface area contributed by atoms with E-state index in [1.165, 1.54) is 6.21 Å². The average molecular weight is 484 g/mol. The fourth-order valence-electron chi connectivity index (χ4n) is 2.77. The number of nitrogens with zero attached hydrogens (tertiary/aromatic N) is 1. The van der Waals surface area contributed by atoms with Gasteiger partial charge in [0.05, 0.1) is 6.21 Å². The standard InChI is InChI=1S/C25H23Cl2N3O3/c1-17-2-8-21(9-3-17)29-24(31)12-13-25(32)30-28-15-18-4-10-22(11-5-18)33-16-19-6-7-20(26)14-23(19)27/h2-11,14-15H,12-13,16H2,1H3,(H,29,31)(H,30,32). The lowest BCUT2D eigenvalue weighted by Crippen LogP contribution is -2.20. The van der Waals surface area contributed by atoms with Crippen molar-refractivity contribution in [3.05, 3.63) is 93.5 Å². The van der Waals surface area contributed by atoms with Gasteiger partial charge >= 0.3 is 0 Å². The maximum atomic E-state index is 12.0. The molecule has 0 atom stereocenters. The Morgan fingerprint density at radius 2 is 1.64 bits per heavy atom. The molecule has 0 unspecified atom stereocenters. The third-order valence-corrected chi connectivity index (χ3v) is 5.19. The number of hydrogen-bond donors (Lipinski definition) is 2. The van der Waals surface area contributed by atoms with Crippen LogP contribution in [-0.2, 0) is 16.2 Å². The maximum absolute atomic E-state index is 12.0. The summed E-state index contributed by atoms with van der Waals surface area (Å²) in [5.74, 6) is 0.0975. The van der Waals surface area contributed by atoms with Gasteiger partial charge in [0.2, 0.25) is 11.8 Å². The Morgan fingerprint density at radius 1 is 0.939 bits per heavy atom. The fourth-order valence-corrected chi connectivity index (χ4v) is 3.24. The SMILES string of the molecule is Cc1ccc(NC(=O)CCC(=O)NN=Cc2ccc(OCc3ccc(Cl)cc3Cl)cc2)cc1. The number of carbonyl (C=O) groups excluding carboxylic acids is 2. The van der Waals surface area contributed by atoms with Crippen molar-refractivity contribution >= 4 is 46.9 Å². The van der Waals surface area contributed by atoms with E-state index in [4.69, 9.17) is 27.9 Å². The minimum Gasteiger partial charge on any atom is -0.489 e. The van der Waals surface area contributed by atoms with Crippen molar-refractivity contribution in [1.82, 2.24) is 5.43 Å². The molecule has 0 heterocycles. The molecule has 170 valence electrons. The Balaban J connectivity index is 1.39. The van der Waals surface area contributed by atoms with Crippen molar-refractivity contribution in [2.45, 2.75) is 26.4 Å². The summed E-state index contributed by atoms with van der Waals surface area (Å²) in [5.41, 5.74) is 5.85. The van der Waals surface area contributed by atoms with Gasteiger partial charge in [0.25, 0.3) is 0 Å². The topological polar surface area (TPSA) is 79.8 Å². The normalized spacial score (nSPS) is 10.8. The van der Waals surface area contributed by atoms with Crippen LogP contribution in [0.5, 0.6) is 5.75 Å². The first-order valence-electron chi connectivity index (χ1n) is 10.2. The largest absolute Gasteiger partial charge is 0.489 e. The highest BCUT2D eigenvalue weighted by Crippen LogP contribution is 2.22. The number of ether oxygens (including phenoxy) is 1. The Hall–Kier alpha value is -3.35. The second-order valence-corrected chi connectivity index (χ2v) is 8.14. The molecule has 3 aromatic rings. The van der Waals surface area contributed by atoms with Crippen LogP contribution in [0, 0.1) is 6.92 Å². The molecule has 0 spiro atoms. The maximum Gasteiger partial charge on any atom is 0.240 e. The lowest BCUT2D eigenvalue weighted by molar-refractivity contribution is -0.124. The molecule has 33 heavy (non-hydrogen) atoms. The molecule has 2 amide bonds. The van der Waals surface area contributed by atoms with Gasteiger partial charge in [0, 0.05) is 34.1 Å². The lowest BCUT2D eigenvalue weighted by atomic mass is 10.2. The van der Waals surface area contributed by atoms with Crippen LogP contribution in [0.3, 0.4) is 0 Å². The van der Waals surface area contributed by atoms with Crippen molar-refractivity contribution in [2.24, 2.45) is 5.10 Å². The molecule has 0 radical (unpaired) electrons. The molecular formula is C25H23Cl2N3O3. The number of hydrogen-bond acceptors (Lipinski definition) is 4. The van der Waals surface area contributed by atoms with Gasteiger partial charge in [0.15, 0.2) is 0 Å². The number of amides is 2. The van der Waals surface area contributed by atoms with E-state index in [0.29, 0.717) is 28.1 Å². The molecule has 0 saturated carbocycles. The molecule has 0 aliphatic rings. The Morgan fingerprint density at radius 3 is 2.33 bits per heavy atom. The van der Waals surface area contributed by atoms with Crippen molar-refractivity contribution in [3.8, 4) is 5.75 Å². The van der Waals surface area contributed by atoms with Crippen molar-refractivity contribution in [1.29, 1.82) is 0 Å². The zero-order valence-electron chi connectivity index (χ0n) is 18.0. The van der Waals surface area contributed by atoms with E-state index in [9.17, 15) is 9.59 Å². The molecule has 8 heteroatoms. The first-order chi connectivity index (χ1) is 15.9. The molecular weight excluding hydrogens is 461 g/mol. The number of rotatable bonds is 9. The van der Waals surface area contributed by atoms with Crippen LogP contribution in [-0.4, -0.2) is 18.0 Å². The highest BCUT2D eigenvalue weighted by atomic mass is 35.5. The van der Waals surface area contributed by atoms with Gasteiger partial charge in [-0.05, 0) is 61.0 Å². The predicted octanol–water partition coefficient (Wildman–Crippen LogP) is 5.75. The van der Waals surface area contributed by atoms with E-state index in [0.717, 1.165) is 16.7 Å². The Labute approximate surface area is 202 Å². The lowest BCUT2D eigenvalue weighted by Gasteiger charge is -2.08. The van der Waals surface area contributed by atoms with Gasteiger partial charge in [-0.25, -0.2) is 5.43 Å². The minimum atomic E-state index is -0.342. The summed E-state index contributed by atoms with van der Waals surface area (Å²) in [7, 11) is 0. The molecule has 0 aliphatic carbocycles. The molecule has 3 aromatic carbocycles. The zero-order valence-corrected chi connectivity index (χ0v) is 19.5.